The second-order valence-electron chi connectivity index (χ2n) is 4.69. The molecule has 0 spiro atoms. The van der Waals surface area contributed by atoms with E-state index in [0.29, 0.717) is 18.2 Å². The monoisotopic (exact) mass is 231 g/mol. The zero-order valence-electron chi connectivity index (χ0n) is 9.35. The minimum absolute atomic E-state index is 0.00667. The number of carboxylic acids is 1. The van der Waals surface area contributed by atoms with Crippen LogP contribution in [-0.4, -0.2) is 27.9 Å². The molecule has 1 N–H and O–H groups in total. The SMILES string of the molecule is O=C(O)c1ccc2c(c1)C(=O)N(C1CCC1)C2. The molecule has 2 aliphatic rings. The van der Waals surface area contributed by atoms with E-state index in [4.69, 9.17) is 5.11 Å². The summed E-state index contributed by atoms with van der Waals surface area (Å²) >= 11 is 0. The van der Waals surface area contributed by atoms with Crippen LogP contribution >= 0.6 is 0 Å². The second kappa shape index (κ2) is 3.58. The fourth-order valence-corrected chi connectivity index (χ4v) is 2.45. The van der Waals surface area contributed by atoms with Gasteiger partial charge >= 0.3 is 5.97 Å². The van der Waals surface area contributed by atoms with Gasteiger partial charge < -0.3 is 10.0 Å². The Morgan fingerprint density at radius 2 is 2.12 bits per heavy atom. The van der Waals surface area contributed by atoms with E-state index in [0.717, 1.165) is 18.4 Å². The van der Waals surface area contributed by atoms with Crippen molar-refractivity contribution in [2.75, 3.05) is 0 Å². The average Bonchev–Trinajstić information content (AvgIpc) is 2.54. The Morgan fingerprint density at radius 3 is 2.71 bits per heavy atom. The van der Waals surface area contributed by atoms with Crippen LogP contribution in [-0.2, 0) is 6.54 Å². The smallest absolute Gasteiger partial charge is 0.335 e. The molecule has 1 aromatic carbocycles. The number of benzene rings is 1. The lowest BCUT2D eigenvalue weighted by molar-refractivity contribution is 0.0606. The average molecular weight is 231 g/mol. The Labute approximate surface area is 98.9 Å². The van der Waals surface area contributed by atoms with E-state index in [2.05, 4.69) is 0 Å². The zero-order chi connectivity index (χ0) is 12.0. The van der Waals surface area contributed by atoms with Crippen molar-refractivity contribution in [2.24, 2.45) is 0 Å². The third-order valence-corrected chi connectivity index (χ3v) is 3.70. The van der Waals surface area contributed by atoms with Crippen LogP contribution in [0.15, 0.2) is 18.2 Å². The Bertz CT molecular complexity index is 505. The highest BCUT2D eigenvalue weighted by Crippen LogP contribution is 2.33. The highest BCUT2D eigenvalue weighted by molar-refractivity contribution is 6.01. The summed E-state index contributed by atoms with van der Waals surface area (Å²) in [4.78, 5) is 24.9. The second-order valence-corrected chi connectivity index (χ2v) is 4.69. The molecule has 1 fully saturated rings. The first-order chi connectivity index (χ1) is 8.16. The number of fused-ring (bicyclic) bond motifs is 1. The lowest BCUT2D eigenvalue weighted by Crippen LogP contribution is -2.40. The molecule has 0 atom stereocenters. The van der Waals surface area contributed by atoms with Gasteiger partial charge in [0.15, 0.2) is 0 Å². The number of hydrogen-bond acceptors (Lipinski definition) is 2. The third-order valence-electron chi connectivity index (χ3n) is 3.70. The number of carbonyl (C=O) groups is 2. The van der Waals surface area contributed by atoms with E-state index in [1.807, 2.05) is 4.90 Å². The van der Waals surface area contributed by atoms with Gasteiger partial charge in [-0.2, -0.15) is 0 Å². The van der Waals surface area contributed by atoms with E-state index in [-0.39, 0.29) is 11.5 Å². The number of carbonyl (C=O) groups excluding carboxylic acids is 1. The summed E-state index contributed by atoms with van der Waals surface area (Å²) in [7, 11) is 0. The molecule has 1 heterocycles. The van der Waals surface area contributed by atoms with Crippen LogP contribution in [0.5, 0.6) is 0 Å². The Hall–Kier alpha value is -1.84. The number of nitrogens with zero attached hydrogens (tertiary/aromatic N) is 1. The molecule has 0 unspecified atom stereocenters. The number of hydrogen-bond donors (Lipinski definition) is 1. The lowest BCUT2D eigenvalue weighted by Gasteiger charge is -2.34. The van der Waals surface area contributed by atoms with Gasteiger partial charge in [0, 0.05) is 18.2 Å². The molecule has 17 heavy (non-hydrogen) atoms. The number of amides is 1. The van der Waals surface area contributed by atoms with Crippen LogP contribution in [0.3, 0.4) is 0 Å². The molecule has 1 saturated carbocycles. The van der Waals surface area contributed by atoms with E-state index in [9.17, 15) is 9.59 Å². The van der Waals surface area contributed by atoms with Crippen molar-refractivity contribution in [3.8, 4) is 0 Å². The predicted octanol–water partition coefficient (Wildman–Crippen LogP) is 1.89. The maximum Gasteiger partial charge on any atom is 0.335 e. The fraction of sp³-hybridized carbons (Fsp3) is 0.385. The largest absolute Gasteiger partial charge is 0.478 e. The maximum absolute atomic E-state index is 12.1. The van der Waals surface area contributed by atoms with Crippen molar-refractivity contribution in [2.45, 2.75) is 31.8 Å². The molecule has 3 rings (SSSR count). The van der Waals surface area contributed by atoms with Gasteiger partial charge in [0.25, 0.3) is 5.91 Å². The van der Waals surface area contributed by atoms with E-state index < -0.39 is 5.97 Å². The molecular formula is C13H13NO3. The molecule has 4 nitrogen and oxygen atoms in total. The Balaban J connectivity index is 1.94. The van der Waals surface area contributed by atoms with Crippen molar-refractivity contribution < 1.29 is 14.7 Å². The number of rotatable bonds is 2. The van der Waals surface area contributed by atoms with Gasteiger partial charge in [-0.25, -0.2) is 4.79 Å². The van der Waals surface area contributed by atoms with Gasteiger partial charge in [-0.15, -0.1) is 0 Å². The minimum atomic E-state index is -0.984. The summed E-state index contributed by atoms with van der Waals surface area (Å²) < 4.78 is 0. The molecule has 88 valence electrons. The van der Waals surface area contributed by atoms with Crippen molar-refractivity contribution in [3.05, 3.63) is 34.9 Å². The van der Waals surface area contributed by atoms with Gasteiger partial charge in [-0.3, -0.25) is 4.79 Å². The predicted molar refractivity (Wildman–Crippen MR) is 60.9 cm³/mol. The molecular weight excluding hydrogens is 218 g/mol. The van der Waals surface area contributed by atoms with Crippen molar-refractivity contribution in [3.63, 3.8) is 0 Å². The van der Waals surface area contributed by atoms with Crippen LogP contribution < -0.4 is 0 Å². The summed E-state index contributed by atoms with van der Waals surface area (Å²) in [6.45, 7) is 0.638. The quantitative estimate of drug-likeness (QED) is 0.845. The third kappa shape index (κ3) is 1.52. The molecule has 1 amide bonds. The van der Waals surface area contributed by atoms with Gasteiger partial charge in [0.2, 0.25) is 0 Å². The van der Waals surface area contributed by atoms with Crippen molar-refractivity contribution in [1.29, 1.82) is 0 Å². The molecule has 1 aliphatic heterocycles. The molecule has 0 saturated heterocycles. The molecule has 0 bridgehead atoms. The van der Waals surface area contributed by atoms with Crippen LogP contribution in [0, 0.1) is 0 Å². The van der Waals surface area contributed by atoms with Crippen LogP contribution in [0.1, 0.15) is 45.5 Å². The van der Waals surface area contributed by atoms with Crippen LogP contribution in [0.2, 0.25) is 0 Å². The fourth-order valence-electron chi connectivity index (χ4n) is 2.45. The van der Waals surface area contributed by atoms with Crippen LogP contribution in [0.4, 0.5) is 0 Å². The van der Waals surface area contributed by atoms with E-state index in [1.54, 1.807) is 12.1 Å². The van der Waals surface area contributed by atoms with E-state index >= 15 is 0 Å². The van der Waals surface area contributed by atoms with Gasteiger partial charge in [-0.05, 0) is 37.0 Å². The molecule has 1 aromatic rings. The van der Waals surface area contributed by atoms with Gasteiger partial charge in [0.1, 0.15) is 0 Å². The van der Waals surface area contributed by atoms with Gasteiger partial charge in [0.05, 0.1) is 5.56 Å². The maximum atomic E-state index is 12.1. The Kier molecular flexibility index (Phi) is 2.18. The molecule has 4 heteroatoms. The number of aromatic carboxylic acids is 1. The first-order valence-electron chi connectivity index (χ1n) is 5.84. The topological polar surface area (TPSA) is 57.6 Å². The summed E-state index contributed by atoms with van der Waals surface area (Å²) in [5.41, 5.74) is 1.70. The Morgan fingerprint density at radius 1 is 1.35 bits per heavy atom. The summed E-state index contributed by atoms with van der Waals surface area (Å²) in [5.74, 6) is -0.990. The molecule has 1 aliphatic carbocycles. The number of carboxylic acid groups (broad SMARTS) is 1. The lowest BCUT2D eigenvalue weighted by atomic mass is 9.92. The van der Waals surface area contributed by atoms with Crippen LogP contribution in [0.25, 0.3) is 0 Å². The van der Waals surface area contributed by atoms with Crippen molar-refractivity contribution >= 4 is 11.9 Å². The normalized spacial score (nSPS) is 19.1. The summed E-state index contributed by atoms with van der Waals surface area (Å²) in [5, 5.41) is 8.91. The first kappa shape index (κ1) is 10.3. The summed E-state index contributed by atoms with van der Waals surface area (Å²) in [6.07, 6.45) is 3.34. The first-order valence-corrected chi connectivity index (χ1v) is 5.84. The van der Waals surface area contributed by atoms with Gasteiger partial charge in [-0.1, -0.05) is 6.07 Å². The zero-order valence-corrected chi connectivity index (χ0v) is 9.35. The van der Waals surface area contributed by atoms with Crippen molar-refractivity contribution in [1.82, 2.24) is 4.90 Å². The standard InChI is InChI=1S/C13H13NO3/c15-12-11-6-8(13(16)17)4-5-9(11)7-14(12)10-2-1-3-10/h4-6,10H,1-3,7H2,(H,16,17). The molecule has 0 aromatic heterocycles. The highest BCUT2D eigenvalue weighted by atomic mass is 16.4. The summed E-state index contributed by atoms with van der Waals surface area (Å²) in [6, 6.07) is 5.19. The minimum Gasteiger partial charge on any atom is -0.478 e. The highest BCUT2D eigenvalue weighted by Gasteiger charge is 2.35. The van der Waals surface area contributed by atoms with E-state index in [1.165, 1.54) is 12.5 Å². The molecule has 0 radical (unpaired) electrons.